The third kappa shape index (κ3) is 1.03. The van der Waals surface area contributed by atoms with Crippen LogP contribution in [0.5, 0.6) is 4.62 Å². The summed E-state index contributed by atoms with van der Waals surface area (Å²) in [7, 11) is 0. The van der Waals surface area contributed by atoms with Crippen LogP contribution in [0.4, 0.5) is 0 Å². The van der Waals surface area contributed by atoms with Gasteiger partial charge in [-0.15, -0.1) is 0 Å². The van der Waals surface area contributed by atoms with Gasteiger partial charge in [0.05, 0.1) is 0 Å². The Kier molecular flexibility index (Phi) is 1.88. The molecule has 0 bridgehead atoms. The quantitative estimate of drug-likeness (QED) is 0.655. The standard InChI is InChI=1S/C4H2Cl2OSe/c5-2-1-8-4(7)3(2)6/h1,7H. The van der Waals surface area contributed by atoms with Gasteiger partial charge in [-0.3, -0.25) is 0 Å². The maximum atomic E-state index is 8.81. The molecule has 44 valence electrons. The van der Waals surface area contributed by atoms with Crippen molar-refractivity contribution in [1.82, 2.24) is 0 Å². The van der Waals surface area contributed by atoms with Crippen LogP contribution in [0.2, 0.25) is 10.0 Å². The minimum atomic E-state index is -0.0197. The zero-order valence-electron chi connectivity index (χ0n) is 3.69. The topological polar surface area (TPSA) is 20.2 Å². The fraction of sp³-hybridized carbons (Fsp3) is 0. The minimum absolute atomic E-state index is 0.0197. The van der Waals surface area contributed by atoms with Crippen molar-refractivity contribution in [3.63, 3.8) is 0 Å². The van der Waals surface area contributed by atoms with E-state index in [2.05, 4.69) is 0 Å². The molecule has 0 aliphatic carbocycles. The average molecular weight is 216 g/mol. The molecule has 0 atom stereocenters. The van der Waals surface area contributed by atoms with Gasteiger partial charge in [0.25, 0.3) is 0 Å². The van der Waals surface area contributed by atoms with E-state index < -0.39 is 0 Å². The summed E-state index contributed by atoms with van der Waals surface area (Å²) in [6.07, 6.45) is 0. The Morgan fingerprint density at radius 1 is 1.50 bits per heavy atom. The molecule has 0 fully saturated rings. The second-order valence-electron chi connectivity index (χ2n) is 1.20. The molecule has 0 aliphatic heterocycles. The molecule has 1 heterocycles. The first-order valence-electron chi connectivity index (χ1n) is 1.83. The normalized spacial score (nSPS) is 9.75. The van der Waals surface area contributed by atoms with Crippen molar-refractivity contribution in [2.75, 3.05) is 0 Å². The first kappa shape index (κ1) is 6.50. The van der Waals surface area contributed by atoms with Gasteiger partial charge >= 0.3 is 62.4 Å². The van der Waals surface area contributed by atoms with Crippen LogP contribution in [0.1, 0.15) is 0 Å². The Morgan fingerprint density at radius 2 is 2.12 bits per heavy atom. The molecule has 1 aromatic heterocycles. The van der Waals surface area contributed by atoms with Gasteiger partial charge in [-0.25, -0.2) is 0 Å². The van der Waals surface area contributed by atoms with Crippen molar-refractivity contribution in [3.05, 3.63) is 15.0 Å². The Labute approximate surface area is 62.6 Å². The first-order chi connectivity index (χ1) is 3.72. The van der Waals surface area contributed by atoms with Crippen LogP contribution in [0.3, 0.4) is 0 Å². The van der Waals surface area contributed by atoms with E-state index in [9.17, 15) is 0 Å². The van der Waals surface area contributed by atoms with Gasteiger partial charge < -0.3 is 0 Å². The molecule has 4 heteroatoms. The monoisotopic (exact) mass is 216 g/mol. The molecule has 1 rings (SSSR count). The molecule has 1 nitrogen and oxygen atoms in total. The predicted molar refractivity (Wildman–Crippen MR) is 35.1 cm³/mol. The van der Waals surface area contributed by atoms with E-state index in [1.54, 1.807) is 4.94 Å². The summed E-state index contributed by atoms with van der Waals surface area (Å²) in [5, 5.41) is 9.59. The molecular formula is C4H2Cl2OSe. The molecule has 0 spiro atoms. The van der Waals surface area contributed by atoms with Gasteiger partial charge in [0.1, 0.15) is 0 Å². The molecule has 0 saturated carbocycles. The molecule has 0 saturated heterocycles. The summed E-state index contributed by atoms with van der Waals surface area (Å²) in [6.45, 7) is 0. The SMILES string of the molecule is Oc1[se]cc(Cl)c1Cl. The molecule has 0 unspecified atom stereocenters. The zero-order valence-corrected chi connectivity index (χ0v) is 6.91. The second kappa shape index (κ2) is 2.32. The second-order valence-corrected chi connectivity index (χ2v) is 3.79. The molecule has 0 radical (unpaired) electrons. The Bertz CT molecular complexity index is 176. The fourth-order valence-corrected chi connectivity index (χ4v) is 2.34. The van der Waals surface area contributed by atoms with Crippen LogP contribution >= 0.6 is 23.2 Å². The van der Waals surface area contributed by atoms with Gasteiger partial charge in [0.15, 0.2) is 0 Å². The number of aromatic hydroxyl groups is 1. The van der Waals surface area contributed by atoms with Gasteiger partial charge in [0.2, 0.25) is 0 Å². The number of rotatable bonds is 0. The molecule has 1 N–H and O–H groups in total. The number of hydrogen-bond donors (Lipinski definition) is 1. The summed E-state index contributed by atoms with van der Waals surface area (Å²) >= 11 is 10.9. The predicted octanol–water partition coefficient (Wildman–Crippen LogP) is 1.76. The van der Waals surface area contributed by atoms with E-state index in [1.807, 2.05) is 0 Å². The summed E-state index contributed by atoms with van der Waals surface area (Å²) in [5.74, 6) is 0. The van der Waals surface area contributed by atoms with Crippen LogP contribution < -0.4 is 0 Å². The van der Waals surface area contributed by atoms with Crippen LogP contribution in [-0.2, 0) is 0 Å². The molecule has 0 aromatic carbocycles. The molecular weight excluding hydrogens is 214 g/mol. The molecule has 0 aliphatic rings. The van der Waals surface area contributed by atoms with Crippen molar-refractivity contribution in [2.45, 2.75) is 0 Å². The van der Waals surface area contributed by atoms with Crippen LogP contribution in [0, 0.1) is 0 Å². The Hall–Kier alpha value is 0.379. The van der Waals surface area contributed by atoms with Gasteiger partial charge in [-0.05, 0) is 0 Å². The van der Waals surface area contributed by atoms with E-state index in [-0.39, 0.29) is 19.1 Å². The van der Waals surface area contributed by atoms with Gasteiger partial charge in [0, 0.05) is 0 Å². The molecule has 8 heavy (non-hydrogen) atoms. The molecule has 0 amide bonds. The summed E-state index contributed by atoms with van der Waals surface area (Å²) in [4.78, 5) is 1.73. The third-order valence-corrected chi connectivity index (χ3v) is 3.63. The van der Waals surface area contributed by atoms with Crippen molar-refractivity contribution in [2.24, 2.45) is 0 Å². The van der Waals surface area contributed by atoms with Crippen LogP contribution in [0.15, 0.2) is 4.94 Å². The number of hydrogen-bond acceptors (Lipinski definition) is 1. The van der Waals surface area contributed by atoms with Crippen molar-refractivity contribution in [3.8, 4) is 4.62 Å². The maximum absolute atomic E-state index is 8.81. The van der Waals surface area contributed by atoms with Gasteiger partial charge in [-0.2, -0.15) is 0 Å². The third-order valence-electron chi connectivity index (χ3n) is 0.671. The number of halogens is 2. The van der Waals surface area contributed by atoms with E-state index >= 15 is 0 Å². The van der Waals surface area contributed by atoms with Crippen LogP contribution in [0.25, 0.3) is 0 Å². The van der Waals surface area contributed by atoms with Crippen molar-refractivity contribution in [1.29, 1.82) is 0 Å². The summed E-state index contributed by atoms with van der Waals surface area (Å²) < 4.78 is 0.226. The van der Waals surface area contributed by atoms with Crippen molar-refractivity contribution >= 4 is 37.7 Å². The summed E-state index contributed by atoms with van der Waals surface area (Å²) in [5.41, 5.74) is 0. The van der Waals surface area contributed by atoms with Crippen LogP contribution in [-0.4, -0.2) is 19.6 Å². The van der Waals surface area contributed by atoms with Crippen molar-refractivity contribution < 1.29 is 5.11 Å². The first-order valence-corrected chi connectivity index (χ1v) is 4.43. The average Bonchev–Trinajstić information content (AvgIpc) is 1.98. The Morgan fingerprint density at radius 3 is 2.25 bits per heavy atom. The zero-order chi connectivity index (χ0) is 6.15. The van der Waals surface area contributed by atoms with E-state index in [1.165, 1.54) is 0 Å². The van der Waals surface area contributed by atoms with E-state index in [0.717, 1.165) is 0 Å². The van der Waals surface area contributed by atoms with E-state index in [4.69, 9.17) is 28.3 Å². The van der Waals surface area contributed by atoms with E-state index in [0.29, 0.717) is 10.0 Å². The summed E-state index contributed by atoms with van der Waals surface area (Å²) in [6, 6.07) is 0. The fourth-order valence-electron chi connectivity index (χ4n) is 0.313. The Balaban J connectivity index is 3.19. The van der Waals surface area contributed by atoms with Gasteiger partial charge in [-0.1, -0.05) is 0 Å². The molecule has 1 aromatic rings.